The Morgan fingerprint density at radius 2 is 0.818 bits per heavy atom. The molecule has 10 heteroatoms. The zero-order valence-corrected chi connectivity index (χ0v) is 38.3. The average molecular weight is 855 g/mol. The fraction of sp³-hybridized carbons (Fsp3) is 0.143. The van der Waals surface area contributed by atoms with Gasteiger partial charge in [-0.2, -0.15) is 10.5 Å². The Hall–Kier alpha value is -8.07. The lowest BCUT2D eigenvalue weighted by atomic mass is 9.50. The highest BCUT2D eigenvalue weighted by molar-refractivity contribution is 6.85. The van der Waals surface area contributed by atoms with Gasteiger partial charge >= 0.3 is 13.7 Å². The number of benzene rings is 5. The second-order valence-corrected chi connectivity index (χ2v) is 17.3. The van der Waals surface area contributed by atoms with Crippen molar-refractivity contribution < 1.29 is 0 Å². The third-order valence-corrected chi connectivity index (χ3v) is 12.2. The summed E-state index contributed by atoms with van der Waals surface area (Å²) in [5.41, 5.74) is 11.5. The Balaban J connectivity index is 1.71. The Morgan fingerprint density at radius 1 is 0.470 bits per heavy atom. The van der Waals surface area contributed by atoms with E-state index >= 15 is 0 Å². The first-order chi connectivity index (χ1) is 32.1. The molecule has 0 aliphatic heterocycles. The first-order valence-electron chi connectivity index (χ1n) is 22.4. The zero-order valence-electron chi connectivity index (χ0n) is 38.3. The molecular formula is C56H48B2N8. The monoisotopic (exact) mass is 854 g/mol. The van der Waals surface area contributed by atoms with Crippen LogP contribution in [0, 0.1) is 57.3 Å². The molecule has 9 rings (SSSR count). The highest BCUT2D eigenvalue weighted by Gasteiger charge is 2.38. The molecule has 66 heavy (non-hydrogen) atoms. The maximum Gasteiger partial charge on any atom is 0.328 e. The van der Waals surface area contributed by atoms with E-state index in [4.69, 9.17) is 19.9 Å². The summed E-state index contributed by atoms with van der Waals surface area (Å²) in [5, 5.41) is 26.7. The molecule has 5 aromatic carbocycles. The van der Waals surface area contributed by atoms with Crippen molar-refractivity contribution in [3.63, 3.8) is 0 Å². The molecule has 8 nitrogen and oxygen atoms in total. The lowest BCUT2D eigenvalue weighted by Crippen LogP contribution is -2.54. The summed E-state index contributed by atoms with van der Waals surface area (Å²) in [6.07, 6.45) is 0. The maximum atomic E-state index is 11.9. The molecule has 0 unspecified atom stereocenters. The van der Waals surface area contributed by atoms with E-state index in [0.717, 1.165) is 77.9 Å². The fourth-order valence-corrected chi connectivity index (χ4v) is 9.73. The van der Waals surface area contributed by atoms with E-state index in [-0.39, 0.29) is 5.92 Å². The van der Waals surface area contributed by atoms with Crippen molar-refractivity contribution in [2.75, 3.05) is 0 Å². The molecule has 9 aromatic rings. The van der Waals surface area contributed by atoms with Crippen LogP contribution in [0.25, 0.3) is 33.2 Å². The molecule has 318 valence electrons. The number of aromatic nitrogens is 6. The van der Waals surface area contributed by atoms with Crippen LogP contribution >= 0.6 is 0 Å². The minimum absolute atomic E-state index is 0.150. The van der Waals surface area contributed by atoms with E-state index in [2.05, 4.69) is 163 Å². The van der Waals surface area contributed by atoms with Crippen LogP contribution in [-0.4, -0.2) is 42.6 Å². The summed E-state index contributed by atoms with van der Waals surface area (Å²) in [4.78, 5) is 20.1. The van der Waals surface area contributed by atoms with Crippen LogP contribution in [0.5, 0.6) is 0 Å². The number of aryl methyl sites for hydroxylation is 5. The van der Waals surface area contributed by atoms with Gasteiger partial charge in [0.1, 0.15) is 23.3 Å². The maximum absolute atomic E-state index is 11.9. The van der Waals surface area contributed by atoms with Crippen LogP contribution in [0.3, 0.4) is 0 Å². The van der Waals surface area contributed by atoms with Crippen LogP contribution in [0.2, 0.25) is 0 Å². The Kier molecular flexibility index (Phi) is 11.9. The molecule has 4 aromatic heterocycles. The van der Waals surface area contributed by atoms with E-state index in [1.54, 1.807) is 0 Å². The third kappa shape index (κ3) is 7.82. The number of fused-ring (bicyclic) bond motifs is 1. The van der Waals surface area contributed by atoms with Gasteiger partial charge in [-0.05, 0) is 58.2 Å². The highest BCUT2D eigenvalue weighted by atomic mass is 15.0. The second-order valence-electron chi connectivity index (χ2n) is 17.3. The van der Waals surface area contributed by atoms with Gasteiger partial charge in [-0.3, -0.25) is 0 Å². The Bertz CT molecular complexity index is 3280. The van der Waals surface area contributed by atoms with Crippen molar-refractivity contribution in [1.29, 1.82) is 10.5 Å². The van der Waals surface area contributed by atoms with E-state index in [9.17, 15) is 10.5 Å². The molecule has 0 spiro atoms. The third-order valence-electron chi connectivity index (χ3n) is 12.2. The van der Waals surface area contributed by atoms with Crippen LogP contribution < -0.4 is 32.5 Å². The molecule has 0 saturated carbocycles. The molecule has 0 radical (unpaired) electrons. The van der Waals surface area contributed by atoms with Crippen LogP contribution in [-0.2, 0) is 0 Å². The predicted molar refractivity (Wildman–Crippen MR) is 269 cm³/mol. The Labute approximate surface area is 387 Å². The summed E-state index contributed by atoms with van der Waals surface area (Å²) in [5.74, 6) is 0.518. The molecule has 0 saturated heterocycles. The molecule has 4 heterocycles. The predicted octanol–water partition coefficient (Wildman–Crippen LogP) is 7.11. The molecule has 0 bridgehead atoms. The van der Waals surface area contributed by atoms with Crippen molar-refractivity contribution in [2.24, 2.45) is 0 Å². The first-order valence-corrected chi connectivity index (χ1v) is 22.4. The zero-order chi connectivity index (χ0) is 46.1. The van der Waals surface area contributed by atoms with Crippen LogP contribution in [0.15, 0.2) is 158 Å². The van der Waals surface area contributed by atoms with Crippen molar-refractivity contribution in [3.8, 4) is 23.4 Å². The first kappa shape index (κ1) is 43.2. The van der Waals surface area contributed by atoms with Crippen molar-refractivity contribution >= 4 is 57.5 Å². The van der Waals surface area contributed by atoms with Gasteiger partial charge in [0.25, 0.3) is 0 Å². The van der Waals surface area contributed by atoms with E-state index < -0.39 is 13.7 Å². The molecule has 0 aliphatic carbocycles. The fourth-order valence-electron chi connectivity index (χ4n) is 9.73. The van der Waals surface area contributed by atoms with Gasteiger partial charge in [0, 0.05) is 50.5 Å². The second kappa shape index (κ2) is 18.2. The van der Waals surface area contributed by atoms with E-state index in [1.165, 1.54) is 0 Å². The van der Waals surface area contributed by atoms with Gasteiger partial charge in [-0.15, -0.1) is 0 Å². The number of nitriles is 2. The quantitative estimate of drug-likeness (QED) is 0.136. The molecule has 0 amide bonds. The lowest BCUT2D eigenvalue weighted by molar-refractivity contribution is 0.809. The van der Waals surface area contributed by atoms with E-state index in [1.807, 2.05) is 64.1 Å². The van der Waals surface area contributed by atoms with Gasteiger partial charge in [0.05, 0.1) is 10.7 Å². The average Bonchev–Trinajstić information content (AvgIpc) is 3.80. The summed E-state index contributed by atoms with van der Waals surface area (Å²) >= 11 is 0. The van der Waals surface area contributed by atoms with Gasteiger partial charge < -0.3 is 8.96 Å². The largest absolute Gasteiger partial charge is 0.378 e. The number of rotatable bonds is 10. The summed E-state index contributed by atoms with van der Waals surface area (Å²) in [7, 11) is 0. The number of hydrogen-bond donors (Lipinski definition) is 0. The topological polar surface area (TPSA) is 109 Å². The number of hydrogen-bond acceptors (Lipinski definition) is 6. The standard InChI is InChI=1S/C56H48B2N8/c1-36(2)51-49-50(54(48(35-60)56-63-40(6)33-41(7)64-56)65(51)57(42-23-12-8-13-24-42)43-25-14-9-15-26-43)52(46-31-21-20-22-37(46)3)66(53(49)47(34-59)55-61-38(4)32-39(5)62-55)58(44-27-16-10-17-28-44)45-29-18-11-19-30-45/h8-33,36H,1-7H3/b53-47-,54-48-. The van der Waals surface area contributed by atoms with E-state index in [0.29, 0.717) is 33.5 Å². The van der Waals surface area contributed by atoms with Crippen molar-refractivity contribution in [2.45, 2.75) is 54.4 Å². The van der Waals surface area contributed by atoms with Gasteiger partial charge in [0.15, 0.2) is 11.6 Å². The highest BCUT2D eigenvalue weighted by Crippen LogP contribution is 2.35. The lowest BCUT2D eigenvalue weighted by Gasteiger charge is -2.25. The molecular weight excluding hydrogens is 806 g/mol. The van der Waals surface area contributed by atoms with Crippen molar-refractivity contribution in [1.82, 2.24) is 28.9 Å². The molecule has 0 atom stereocenters. The smallest absolute Gasteiger partial charge is 0.328 e. The van der Waals surface area contributed by atoms with Gasteiger partial charge in [0.2, 0.25) is 0 Å². The SMILES string of the molecule is Cc1cc(C)nc(/C(C#N)=c2/c3c(C(C)C)n(B(c4ccccc4)c4ccccc4)/c(=C(/C#N)c4nc(C)cc(C)n4)c3c(-c3ccccc3C)n2B(c2ccccc2)c2ccccc2)n1. The number of nitrogens with zero attached hydrogens (tertiary/aromatic N) is 8. The van der Waals surface area contributed by atoms with Gasteiger partial charge in [-0.25, -0.2) is 19.9 Å². The molecule has 0 N–H and O–H groups in total. The summed E-state index contributed by atoms with van der Waals surface area (Å²) < 4.78 is 4.70. The Morgan fingerprint density at radius 3 is 1.18 bits per heavy atom. The summed E-state index contributed by atoms with van der Waals surface area (Å²) in [6, 6.07) is 59.4. The van der Waals surface area contributed by atoms with Crippen molar-refractivity contribution in [3.05, 3.63) is 214 Å². The van der Waals surface area contributed by atoms with Crippen LogP contribution in [0.1, 0.15) is 65.4 Å². The van der Waals surface area contributed by atoms with Crippen LogP contribution in [0.4, 0.5) is 0 Å². The molecule has 0 aliphatic rings. The molecule has 0 fully saturated rings. The minimum Gasteiger partial charge on any atom is -0.378 e. The normalized spacial score (nSPS) is 12.2. The summed E-state index contributed by atoms with van der Waals surface area (Å²) in [6.45, 7) is 13.4. The van der Waals surface area contributed by atoms with Gasteiger partial charge in [-0.1, -0.05) is 181 Å². The minimum atomic E-state index is -0.456.